The number of nitrogens with one attached hydrogen (secondary N) is 2. The van der Waals surface area contributed by atoms with Gasteiger partial charge in [0.15, 0.2) is 10.8 Å². The molecule has 8 nitrogen and oxygen atoms in total. The summed E-state index contributed by atoms with van der Waals surface area (Å²) in [6, 6.07) is 1.93. The van der Waals surface area contributed by atoms with Gasteiger partial charge in [0.2, 0.25) is 0 Å². The predicted octanol–water partition coefficient (Wildman–Crippen LogP) is 0.707. The summed E-state index contributed by atoms with van der Waals surface area (Å²) in [6.07, 6.45) is 3.03. The molecule has 126 valence electrons. The third-order valence-corrected chi connectivity index (χ3v) is 5.59. The van der Waals surface area contributed by atoms with Crippen molar-refractivity contribution in [2.75, 3.05) is 18.0 Å². The van der Waals surface area contributed by atoms with Crippen LogP contribution in [0, 0.1) is 13.8 Å². The zero-order valence-corrected chi connectivity index (χ0v) is 14.4. The van der Waals surface area contributed by atoms with Crippen molar-refractivity contribution >= 4 is 15.8 Å². The summed E-state index contributed by atoms with van der Waals surface area (Å²) >= 11 is 0. The zero-order chi connectivity index (χ0) is 16.6. The third kappa shape index (κ3) is 3.40. The molecule has 0 saturated carbocycles. The van der Waals surface area contributed by atoms with E-state index in [2.05, 4.69) is 24.8 Å². The number of aryl methyl sites for hydroxylation is 3. The van der Waals surface area contributed by atoms with Gasteiger partial charge in [0.1, 0.15) is 5.82 Å². The minimum absolute atomic E-state index is 0.0707. The number of anilines is 1. The maximum atomic E-state index is 12.4. The Hall–Kier alpha value is -1.87. The van der Waals surface area contributed by atoms with Crippen LogP contribution < -0.4 is 9.62 Å². The van der Waals surface area contributed by atoms with E-state index in [1.807, 2.05) is 13.0 Å². The number of rotatable bonds is 4. The minimum Gasteiger partial charge on any atom is -0.355 e. The lowest BCUT2D eigenvalue weighted by atomic mass is 10.1. The van der Waals surface area contributed by atoms with E-state index in [1.165, 1.54) is 0 Å². The van der Waals surface area contributed by atoms with Crippen molar-refractivity contribution in [2.45, 2.75) is 37.8 Å². The van der Waals surface area contributed by atoms with Gasteiger partial charge in [0, 0.05) is 44.1 Å². The Bertz CT molecular complexity index is 767. The zero-order valence-electron chi connectivity index (χ0n) is 13.6. The number of sulfonamides is 1. The predicted molar refractivity (Wildman–Crippen MR) is 86.8 cm³/mol. The molecule has 23 heavy (non-hydrogen) atoms. The molecule has 0 unspecified atom stereocenters. The molecule has 1 aliphatic heterocycles. The molecule has 3 rings (SSSR count). The highest BCUT2D eigenvalue weighted by Gasteiger charge is 2.27. The molecule has 0 aliphatic carbocycles. The van der Waals surface area contributed by atoms with E-state index < -0.39 is 10.0 Å². The van der Waals surface area contributed by atoms with Crippen molar-refractivity contribution in [3.63, 3.8) is 0 Å². The monoisotopic (exact) mass is 338 g/mol. The van der Waals surface area contributed by atoms with Crippen LogP contribution in [0.5, 0.6) is 0 Å². The van der Waals surface area contributed by atoms with E-state index >= 15 is 0 Å². The Kier molecular flexibility index (Phi) is 4.15. The lowest BCUT2D eigenvalue weighted by Crippen LogP contribution is -2.44. The molecule has 2 aromatic rings. The fraction of sp³-hybridized carbons (Fsp3) is 0.571. The van der Waals surface area contributed by atoms with Gasteiger partial charge in [0.05, 0.1) is 0 Å². The maximum absolute atomic E-state index is 12.4. The Balaban J connectivity index is 1.62. The molecule has 0 aromatic carbocycles. The van der Waals surface area contributed by atoms with Crippen LogP contribution >= 0.6 is 0 Å². The lowest BCUT2D eigenvalue weighted by Gasteiger charge is -2.32. The van der Waals surface area contributed by atoms with Crippen LogP contribution in [0.2, 0.25) is 0 Å². The van der Waals surface area contributed by atoms with Gasteiger partial charge in [0.25, 0.3) is 10.0 Å². The first-order valence-electron chi connectivity index (χ1n) is 7.64. The van der Waals surface area contributed by atoms with Crippen molar-refractivity contribution in [1.82, 2.24) is 24.5 Å². The van der Waals surface area contributed by atoms with Crippen molar-refractivity contribution in [2.24, 2.45) is 7.05 Å². The number of hydrogen-bond donors (Lipinski definition) is 2. The molecule has 0 bridgehead atoms. The summed E-state index contributed by atoms with van der Waals surface area (Å²) in [5, 5.41) is 7.27. The number of imidazole rings is 1. The van der Waals surface area contributed by atoms with E-state index in [0.717, 1.165) is 37.4 Å². The second-order valence-electron chi connectivity index (χ2n) is 6.03. The molecule has 0 spiro atoms. The van der Waals surface area contributed by atoms with E-state index in [-0.39, 0.29) is 11.1 Å². The Morgan fingerprint density at radius 1 is 1.30 bits per heavy atom. The van der Waals surface area contributed by atoms with Gasteiger partial charge in [-0.25, -0.2) is 18.1 Å². The largest absolute Gasteiger partial charge is 0.355 e. The number of aromatic amines is 1. The second kappa shape index (κ2) is 5.97. The van der Waals surface area contributed by atoms with Crippen molar-refractivity contribution < 1.29 is 8.42 Å². The van der Waals surface area contributed by atoms with Crippen LogP contribution in [-0.4, -0.2) is 47.3 Å². The number of piperidine rings is 1. The first-order valence-corrected chi connectivity index (χ1v) is 9.13. The molecule has 3 heterocycles. The Morgan fingerprint density at radius 3 is 2.52 bits per heavy atom. The summed E-state index contributed by atoms with van der Waals surface area (Å²) in [6.45, 7) is 5.30. The van der Waals surface area contributed by atoms with E-state index in [1.54, 1.807) is 24.7 Å². The summed E-state index contributed by atoms with van der Waals surface area (Å²) < 4.78 is 29.3. The van der Waals surface area contributed by atoms with Crippen molar-refractivity contribution in [1.29, 1.82) is 0 Å². The standard InChI is InChI=1S/C14H22N6O2S/c1-10-8-13(17-16-10)20-6-4-12(5-7-20)18-23(21,22)14-9-19(3)11(2)15-14/h8-9,12,18H,4-7H2,1-3H3,(H,16,17). The summed E-state index contributed by atoms with van der Waals surface area (Å²) in [4.78, 5) is 6.27. The number of hydrogen-bond acceptors (Lipinski definition) is 5. The fourth-order valence-corrected chi connectivity index (χ4v) is 4.07. The SMILES string of the molecule is Cc1cc(N2CCC(NS(=O)(=O)c3cn(C)c(C)n3)CC2)n[nH]1. The highest BCUT2D eigenvalue weighted by molar-refractivity contribution is 7.89. The van der Waals surface area contributed by atoms with Gasteiger partial charge in [-0.1, -0.05) is 0 Å². The maximum Gasteiger partial charge on any atom is 0.259 e. The summed E-state index contributed by atoms with van der Waals surface area (Å²) in [7, 11) is -1.78. The Morgan fingerprint density at radius 2 is 2.00 bits per heavy atom. The number of aromatic nitrogens is 4. The highest BCUT2D eigenvalue weighted by atomic mass is 32.2. The lowest BCUT2D eigenvalue weighted by molar-refractivity contribution is 0.457. The van der Waals surface area contributed by atoms with E-state index in [9.17, 15) is 8.42 Å². The van der Waals surface area contributed by atoms with E-state index in [4.69, 9.17) is 0 Å². The molecule has 0 amide bonds. The molecule has 0 radical (unpaired) electrons. The number of H-pyrrole nitrogens is 1. The van der Waals surface area contributed by atoms with E-state index in [0.29, 0.717) is 5.82 Å². The Labute approximate surface area is 136 Å². The average molecular weight is 338 g/mol. The topological polar surface area (TPSA) is 95.9 Å². The van der Waals surface area contributed by atoms with Gasteiger partial charge >= 0.3 is 0 Å². The normalized spacial score (nSPS) is 16.9. The molecule has 2 N–H and O–H groups in total. The summed E-state index contributed by atoms with van der Waals surface area (Å²) in [5.41, 5.74) is 1.02. The van der Waals surface area contributed by atoms with Gasteiger partial charge < -0.3 is 9.47 Å². The molecule has 0 atom stereocenters. The number of nitrogens with zero attached hydrogens (tertiary/aromatic N) is 4. The smallest absolute Gasteiger partial charge is 0.259 e. The van der Waals surface area contributed by atoms with Crippen LogP contribution in [0.15, 0.2) is 17.3 Å². The molecule has 1 aliphatic rings. The molecular weight excluding hydrogens is 316 g/mol. The average Bonchev–Trinajstić information content (AvgIpc) is 3.07. The van der Waals surface area contributed by atoms with Crippen LogP contribution in [0.25, 0.3) is 0 Å². The second-order valence-corrected chi connectivity index (χ2v) is 7.69. The van der Waals surface area contributed by atoms with Gasteiger partial charge in [-0.05, 0) is 26.7 Å². The molecule has 1 fully saturated rings. The first kappa shape index (κ1) is 16.0. The molecule has 9 heteroatoms. The van der Waals surface area contributed by atoms with Crippen LogP contribution in [0.3, 0.4) is 0 Å². The van der Waals surface area contributed by atoms with Crippen LogP contribution in [-0.2, 0) is 17.1 Å². The third-order valence-electron chi connectivity index (χ3n) is 4.20. The molecular formula is C14H22N6O2S. The minimum atomic E-state index is -3.56. The van der Waals surface area contributed by atoms with Gasteiger partial charge in [-0.15, -0.1) is 0 Å². The quantitative estimate of drug-likeness (QED) is 0.856. The van der Waals surface area contributed by atoms with Gasteiger partial charge in [-0.3, -0.25) is 5.10 Å². The molecule has 2 aromatic heterocycles. The summed E-state index contributed by atoms with van der Waals surface area (Å²) in [5.74, 6) is 1.60. The fourth-order valence-electron chi connectivity index (χ4n) is 2.73. The van der Waals surface area contributed by atoms with Crippen molar-refractivity contribution in [3.05, 3.63) is 23.8 Å². The van der Waals surface area contributed by atoms with Crippen molar-refractivity contribution in [3.8, 4) is 0 Å². The molecule has 1 saturated heterocycles. The highest BCUT2D eigenvalue weighted by Crippen LogP contribution is 2.19. The first-order chi connectivity index (χ1) is 10.8. The van der Waals surface area contributed by atoms with Crippen LogP contribution in [0.1, 0.15) is 24.4 Å². The van der Waals surface area contributed by atoms with Gasteiger partial charge in [-0.2, -0.15) is 5.10 Å². The van der Waals surface area contributed by atoms with Crippen LogP contribution in [0.4, 0.5) is 5.82 Å².